The number of allylic oxidation sites excluding steroid dienone is 10. The quantitative estimate of drug-likeness (QED) is 0.517. The zero-order valence-corrected chi connectivity index (χ0v) is 15.9. The molecule has 4 heteroatoms. The molecule has 0 fully saturated rings. The molecule has 140 valence electrons. The van der Waals surface area contributed by atoms with Crippen molar-refractivity contribution in [2.75, 3.05) is 6.54 Å². The van der Waals surface area contributed by atoms with Crippen molar-refractivity contribution in [3.05, 3.63) is 85.2 Å². The molecule has 0 aromatic rings. The van der Waals surface area contributed by atoms with Crippen molar-refractivity contribution >= 4 is 5.71 Å². The van der Waals surface area contributed by atoms with Gasteiger partial charge in [-0.25, -0.2) is 0 Å². The topological polar surface area (TPSA) is 56.7 Å². The number of aliphatic hydroxyl groups is 1. The molecule has 0 amide bonds. The van der Waals surface area contributed by atoms with Crippen LogP contribution >= 0.6 is 0 Å². The SMILES string of the molecule is C=C\C=C/C=C(\C=C\CC)NC/C=C\C(=C/C=C)C1=NNC(O)CC1C. The predicted octanol–water partition coefficient (Wildman–Crippen LogP) is 4.14. The molecular formula is C22H31N3O. The molecule has 0 saturated carbocycles. The average Bonchev–Trinajstić information content (AvgIpc) is 2.62. The number of hydrazone groups is 1. The first-order valence-corrected chi connectivity index (χ1v) is 9.02. The standard InChI is InChI=1S/C22H31N3O/c1-5-8-10-15-20(14-9-6-2)23-16-11-13-19(12-7-3)22-18(4)17-21(26)24-25-22/h5,7-15,18,21,23-24,26H,1,3,6,16-17H2,2,4H3/b10-8-,13-11-,14-9+,19-12+,20-15+. The highest BCUT2D eigenvalue weighted by Crippen LogP contribution is 2.18. The van der Waals surface area contributed by atoms with Gasteiger partial charge in [-0.3, -0.25) is 5.43 Å². The fourth-order valence-electron chi connectivity index (χ4n) is 2.47. The normalized spacial score (nSPS) is 21.9. The average molecular weight is 354 g/mol. The molecular weight excluding hydrogens is 322 g/mol. The van der Waals surface area contributed by atoms with Gasteiger partial charge in [-0.2, -0.15) is 5.10 Å². The van der Waals surface area contributed by atoms with Crippen LogP contribution in [0.2, 0.25) is 0 Å². The number of aliphatic hydroxyl groups excluding tert-OH is 1. The van der Waals surface area contributed by atoms with Crippen LogP contribution in [0.15, 0.2) is 90.3 Å². The van der Waals surface area contributed by atoms with Gasteiger partial charge < -0.3 is 10.4 Å². The van der Waals surface area contributed by atoms with Gasteiger partial charge in [-0.15, -0.1) is 0 Å². The third-order valence-corrected chi connectivity index (χ3v) is 3.75. The van der Waals surface area contributed by atoms with Crippen molar-refractivity contribution < 1.29 is 5.11 Å². The second kappa shape index (κ2) is 12.7. The van der Waals surface area contributed by atoms with E-state index in [4.69, 9.17) is 0 Å². The summed E-state index contributed by atoms with van der Waals surface area (Å²) in [5, 5.41) is 17.3. The fraction of sp³-hybridized carbons (Fsp3) is 0.318. The van der Waals surface area contributed by atoms with Crippen molar-refractivity contribution in [1.29, 1.82) is 0 Å². The Morgan fingerprint density at radius 1 is 1.23 bits per heavy atom. The molecule has 0 aliphatic carbocycles. The lowest BCUT2D eigenvalue weighted by atomic mass is 9.93. The van der Waals surface area contributed by atoms with Gasteiger partial charge in [-0.1, -0.05) is 75.6 Å². The van der Waals surface area contributed by atoms with Crippen LogP contribution < -0.4 is 10.7 Å². The van der Waals surface area contributed by atoms with Gasteiger partial charge in [0.1, 0.15) is 6.23 Å². The highest BCUT2D eigenvalue weighted by atomic mass is 16.3. The Balaban J connectivity index is 2.76. The lowest BCUT2D eigenvalue weighted by Gasteiger charge is -2.24. The van der Waals surface area contributed by atoms with Crippen molar-refractivity contribution in [2.45, 2.75) is 32.9 Å². The van der Waals surface area contributed by atoms with E-state index in [1.165, 1.54) is 0 Å². The highest BCUT2D eigenvalue weighted by molar-refractivity contribution is 6.04. The molecule has 0 radical (unpaired) electrons. The van der Waals surface area contributed by atoms with E-state index in [0.29, 0.717) is 13.0 Å². The van der Waals surface area contributed by atoms with E-state index < -0.39 is 6.23 Å². The molecule has 1 heterocycles. The molecule has 1 rings (SSSR count). The molecule has 2 unspecified atom stereocenters. The fourth-order valence-corrected chi connectivity index (χ4v) is 2.47. The summed E-state index contributed by atoms with van der Waals surface area (Å²) in [6.45, 7) is 12.3. The lowest BCUT2D eigenvalue weighted by molar-refractivity contribution is 0.114. The van der Waals surface area contributed by atoms with Crippen molar-refractivity contribution in [3.63, 3.8) is 0 Å². The van der Waals surface area contributed by atoms with Crippen molar-refractivity contribution in [3.8, 4) is 0 Å². The van der Waals surface area contributed by atoms with Crippen LogP contribution in [-0.4, -0.2) is 23.6 Å². The van der Waals surface area contributed by atoms with Gasteiger partial charge in [0.25, 0.3) is 0 Å². The zero-order chi connectivity index (χ0) is 19.2. The number of hydrogen-bond acceptors (Lipinski definition) is 4. The summed E-state index contributed by atoms with van der Waals surface area (Å²) < 4.78 is 0. The first-order chi connectivity index (χ1) is 12.6. The molecule has 26 heavy (non-hydrogen) atoms. The molecule has 2 atom stereocenters. The Labute approximate surface area is 157 Å². The summed E-state index contributed by atoms with van der Waals surface area (Å²) in [5.74, 6) is 0.182. The second-order valence-corrected chi connectivity index (χ2v) is 5.97. The van der Waals surface area contributed by atoms with E-state index in [9.17, 15) is 5.11 Å². The van der Waals surface area contributed by atoms with Gasteiger partial charge >= 0.3 is 0 Å². The minimum atomic E-state index is -0.578. The van der Waals surface area contributed by atoms with E-state index in [0.717, 1.165) is 23.4 Å². The van der Waals surface area contributed by atoms with E-state index in [-0.39, 0.29) is 5.92 Å². The maximum atomic E-state index is 9.63. The summed E-state index contributed by atoms with van der Waals surface area (Å²) in [6, 6.07) is 0. The summed E-state index contributed by atoms with van der Waals surface area (Å²) in [6.07, 6.45) is 20.6. The van der Waals surface area contributed by atoms with Crippen molar-refractivity contribution in [1.82, 2.24) is 10.7 Å². The number of nitrogens with zero attached hydrogens (tertiary/aromatic N) is 1. The molecule has 1 aliphatic heterocycles. The van der Waals surface area contributed by atoms with Crippen LogP contribution in [0.1, 0.15) is 26.7 Å². The summed E-state index contributed by atoms with van der Waals surface area (Å²) in [5.41, 5.74) is 5.71. The van der Waals surface area contributed by atoms with E-state index >= 15 is 0 Å². The highest BCUT2D eigenvalue weighted by Gasteiger charge is 2.21. The van der Waals surface area contributed by atoms with Gasteiger partial charge in [0.2, 0.25) is 0 Å². The second-order valence-electron chi connectivity index (χ2n) is 5.97. The molecule has 4 nitrogen and oxygen atoms in total. The largest absolute Gasteiger partial charge is 0.382 e. The maximum absolute atomic E-state index is 9.63. The predicted molar refractivity (Wildman–Crippen MR) is 113 cm³/mol. The lowest BCUT2D eigenvalue weighted by Crippen LogP contribution is -2.35. The Bertz CT molecular complexity index is 636. The maximum Gasteiger partial charge on any atom is 0.140 e. The van der Waals surface area contributed by atoms with Gasteiger partial charge in [0, 0.05) is 24.6 Å². The molecule has 3 N–H and O–H groups in total. The Morgan fingerprint density at radius 3 is 2.69 bits per heavy atom. The summed E-state index contributed by atoms with van der Waals surface area (Å²) in [4.78, 5) is 0. The number of rotatable bonds is 10. The first-order valence-electron chi connectivity index (χ1n) is 9.02. The van der Waals surface area contributed by atoms with Gasteiger partial charge in [0.15, 0.2) is 0 Å². The number of nitrogens with one attached hydrogen (secondary N) is 2. The molecule has 0 aromatic heterocycles. The number of hydrogen-bond donors (Lipinski definition) is 3. The minimum absolute atomic E-state index is 0.182. The van der Waals surface area contributed by atoms with Crippen LogP contribution in [0.25, 0.3) is 0 Å². The van der Waals surface area contributed by atoms with Gasteiger partial charge in [-0.05, 0) is 24.1 Å². The van der Waals surface area contributed by atoms with Crippen LogP contribution in [0.4, 0.5) is 0 Å². The Morgan fingerprint density at radius 2 is 2.04 bits per heavy atom. The van der Waals surface area contributed by atoms with E-state index in [1.54, 1.807) is 12.2 Å². The molecule has 0 bridgehead atoms. The van der Waals surface area contributed by atoms with E-state index in [2.05, 4.69) is 61.1 Å². The van der Waals surface area contributed by atoms with Crippen LogP contribution in [0.5, 0.6) is 0 Å². The van der Waals surface area contributed by atoms with Crippen LogP contribution in [-0.2, 0) is 0 Å². The van der Waals surface area contributed by atoms with Crippen LogP contribution in [0.3, 0.4) is 0 Å². The van der Waals surface area contributed by atoms with Crippen LogP contribution in [0, 0.1) is 5.92 Å². The smallest absolute Gasteiger partial charge is 0.140 e. The summed E-state index contributed by atoms with van der Waals surface area (Å²) >= 11 is 0. The third kappa shape index (κ3) is 7.99. The monoisotopic (exact) mass is 353 g/mol. The Hall–Kier alpha value is -2.59. The third-order valence-electron chi connectivity index (χ3n) is 3.75. The molecule has 1 aliphatic rings. The molecule has 0 aromatic carbocycles. The van der Waals surface area contributed by atoms with Gasteiger partial charge in [0.05, 0.1) is 5.71 Å². The van der Waals surface area contributed by atoms with Crippen molar-refractivity contribution in [2.24, 2.45) is 11.0 Å². The molecule has 0 saturated heterocycles. The summed E-state index contributed by atoms with van der Waals surface area (Å²) in [7, 11) is 0. The molecule has 0 spiro atoms. The first kappa shape index (κ1) is 21.5. The van der Waals surface area contributed by atoms with E-state index in [1.807, 2.05) is 30.4 Å². The minimum Gasteiger partial charge on any atom is -0.382 e. The Kier molecular flexibility index (Phi) is 10.5. The zero-order valence-electron chi connectivity index (χ0n) is 15.9.